The molecule has 0 radical (unpaired) electrons. The molecule has 86 valence electrons. The number of benzene rings is 1. The number of carbonyl (C=O) groups is 1. The summed E-state index contributed by atoms with van der Waals surface area (Å²) in [6.07, 6.45) is 1.61. The zero-order valence-corrected chi connectivity index (χ0v) is 11.0. The van der Waals surface area contributed by atoms with Crippen molar-refractivity contribution in [2.45, 2.75) is 0 Å². The van der Waals surface area contributed by atoms with Crippen molar-refractivity contribution in [3.8, 4) is 0 Å². The van der Waals surface area contributed by atoms with E-state index in [1.165, 1.54) is 0 Å². The number of rotatable bonds is 2. The van der Waals surface area contributed by atoms with Gasteiger partial charge in [0.1, 0.15) is 4.60 Å². The van der Waals surface area contributed by atoms with Gasteiger partial charge in [0.05, 0.1) is 5.56 Å². The lowest BCUT2D eigenvalue weighted by Gasteiger charge is -2.06. The smallest absolute Gasteiger partial charge is 0.258 e. The first-order valence-electron chi connectivity index (χ1n) is 4.84. The summed E-state index contributed by atoms with van der Waals surface area (Å²) >= 11 is 8.99. The topological polar surface area (TPSA) is 42.0 Å². The van der Waals surface area contributed by atoms with E-state index in [2.05, 4.69) is 26.2 Å². The molecule has 1 heterocycles. The molecule has 0 aliphatic rings. The molecule has 0 aliphatic heterocycles. The van der Waals surface area contributed by atoms with Crippen LogP contribution in [-0.4, -0.2) is 10.9 Å². The molecule has 0 saturated heterocycles. The summed E-state index contributed by atoms with van der Waals surface area (Å²) in [6, 6.07) is 10.3. The van der Waals surface area contributed by atoms with E-state index in [0.29, 0.717) is 20.9 Å². The van der Waals surface area contributed by atoms with Gasteiger partial charge < -0.3 is 5.32 Å². The average molecular weight is 312 g/mol. The van der Waals surface area contributed by atoms with Crippen LogP contribution >= 0.6 is 27.5 Å². The van der Waals surface area contributed by atoms with Gasteiger partial charge in [0, 0.05) is 16.9 Å². The number of hydrogen-bond acceptors (Lipinski definition) is 2. The first-order valence-corrected chi connectivity index (χ1v) is 6.01. The fraction of sp³-hybridized carbons (Fsp3) is 0. The monoisotopic (exact) mass is 310 g/mol. The zero-order valence-electron chi connectivity index (χ0n) is 8.65. The van der Waals surface area contributed by atoms with Crippen LogP contribution in [0.25, 0.3) is 0 Å². The van der Waals surface area contributed by atoms with Crippen LogP contribution < -0.4 is 5.32 Å². The number of nitrogens with zero attached hydrogens (tertiary/aromatic N) is 1. The van der Waals surface area contributed by atoms with Crippen LogP contribution in [0.3, 0.4) is 0 Å². The molecule has 2 aromatic rings. The molecule has 1 aromatic carbocycles. The van der Waals surface area contributed by atoms with E-state index in [4.69, 9.17) is 11.6 Å². The van der Waals surface area contributed by atoms with E-state index in [-0.39, 0.29) is 5.91 Å². The summed E-state index contributed by atoms with van der Waals surface area (Å²) in [5, 5.41) is 3.39. The van der Waals surface area contributed by atoms with Gasteiger partial charge in [-0.15, -0.1) is 0 Å². The van der Waals surface area contributed by atoms with Crippen molar-refractivity contribution < 1.29 is 4.79 Å². The molecule has 0 saturated carbocycles. The Kier molecular flexibility index (Phi) is 3.76. The van der Waals surface area contributed by atoms with Crippen LogP contribution in [0.2, 0.25) is 5.02 Å². The maximum Gasteiger partial charge on any atom is 0.258 e. The van der Waals surface area contributed by atoms with Crippen molar-refractivity contribution in [3.63, 3.8) is 0 Å². The normalized spacial score (nSPS) is 10.0. The number of carbonyl (C=O) groups excluding carboxylic acids is 1. The minimum Gasteiger partial charge on any atom is -0.322 e. The van der Waals surface area contributed by atoms with E-state index in [0.717, 1.165) is 0 Å². The third kappa shape index (κ3) is 3.05. The third-order valence-electron chi connectivity index (χ3n) is 2.11. The predicted octanol–water partition coefficient (Wildman–Crippen LogP) is 3.75. The highest BCUT2D eigenvalue weighted by Gasteiger charge is 2.10. The van der Waals surface area contributed by atoms with E-state index in [1.54, 1.807) is 42.6 Å². The number of halogens is 2. The molecule has 0 fully saturated rings. The molecule has 0 unspecified atom stereocenters. The standard InChI is InChI=1S/C12H8BrClN2O/c13-11-10(2-1-7-15-11)12(17)16-9-5-3-8(14)4-6-9/h1-7H,(H,16,17). The molecule has 5 heteroatoms. The van der Waals surface area contributed by atoms with Gasteiger partial charge >= 0.3 is 0 Å². The summed E-state index contributed by atoms with van der Waals surface area (Å²) in [5.41, 5.74) is 1.18. The molecule has 1 N–H and O–H groups in total. The summed E-state index contributed by atoms with van der Waals surface area (Å²) in [6.45, 7) is 0. The Balaban J connectivity index is 2.17. The van der Waals surface area contributed by atoms with Gasteiger partial charge in [-0.05, 0) is 52.3 Å². The van der Waals surface area contributed by atoms with Crippen molar-refractivity contribution >= 4 is 39.1 Å². The molecule has 0 aliphatic carbocycles. The van der Waals surface area contributed by atoms with Crippen molar-refractivity contribution in [1.29, 1.82) is 0 Å². The van der Waals surface area contributed by atoms with Crippen LogP contribution in [0, 0.1) is 0 Å². The Labute approximate surface area is 112 Å². The number of pyridine rings is 1. The molecule has 3 nitrogen and oxygen atoms in total. The summed E-state index contributed by atoms with van der Waals surface area (Å²) in [7, 11) is 0. The second-order valence-corrected chi connectivity index (χ2v) is 4.49. The van der Waals surface area contributed by atoms with Gasteiger partial charge in [0.2, 0.25) is 0 Å². The lowest BCUT2D eigenvalue weighted by Crippen LogP contribution is -2.12. The molecular weight excluding hydrogens is 304 g/mol. The van der Waals surface area contributed by atoms with Crippen LogP contribution in [0.4, 0.5) is 5.69 Å². The Morgan fingerprint density at radius 2 is 1.94 bits per heavy atom. The first kappa shape index (κ1) is 12.1. The van der Waals surface area contributed by atoms with Gasteiger partial charge in [-0.2, -0.15) is 0 Å². The minimum atomic E-state index is -0.215. The van der Waals surface area contributed by atoms with Gasteiger partial charge in [0.25, 0.3) is 5.91 Å². The van der Waals surface area contributed by atoms with Crippen LogP contribution in [0.5, 0.6) is 0 Å². The van der Waals surface area contributed by atoms with E-state index in [1.807, 2.05) is 0 Å². The maximum atomic E-state index is 11.9. The van der Waals surface area contributed by atoms with Crippen molar-refractivity contribution in [2.75, 3.05) is 5.32 Å². The number of aromatic nitrogens is 1. The van der Waals surface area contributed by atoms with Crippen LogP contribution in [0.15, 0.2) is 47.2 Å². The Bertz CT molecular complexity index is 542. The Hall–Kier alpha value is -1.39. The number of anilines is 1. The predicted molar refractivity (Wildman–Crippen MR) is 71.3 cm³/mol. The fourth-order valence-electron chi connectivity index (χ4n) is 1.29. The minimum absolute atomic E-state index is 0.215. The van der Waals surface area contributed by atoms with E-state index < -0.39 is 0 Å². The van der Waals surface area contributed by atoms with Gasteiger partial charge in [0.15, 0.2) is 0 Å². The molecule has 0 bridgehead atoms. The lowest BCUT2D eigenvalue weighted by molar-refractivity contribution is 0.102. The molecule has 0 spiro atoms. The van der Waals surface area contributed by atoms with E-state index >= 15 is 0 Å². The third-order valence-corrected chi connectivity index (χ3v) is 2.99. The zero-order chi connectivity index (χ0) is 12.3. The van der Waals surface area contributed by atoms with Gasteiger partial charge in [-0.25, -0.2) is 4.98 Å². The number of nitrogens with one attached hydrogen (secondary N) is 1. The largest absolute Gasteiger partial charge is 0.322 e. The highest BCUT2D eigenvalue weighted by Crippen LogP contribution is 2.17. The molecule has 2 rings (SSSR count). The molecule has 17 heavy (non-hydrogen) atoms. The Morgan fingerprint density at radius 3 is 2.59 bits per heavy atom. The van der Waals surface area contributed by atoms with Crippen LogP contribution in [-0.2, 0) is 0 Å². The summed E-state index contributed by atoms with van der Waals surface area (Å²) < 4.78 is 0.520. The lowest BCUT2D eigenvalue weighted by atomic mass is 10.2. The highest BCUT2D eigenvalue weighted by molar-refractivity contribution is 9.10. The number of amides is 1. The molecule has 0 atom stereocenters. The van der Waals surface area contributed by atoms with Gasteiger partial charge in [-0.3, -0.25) is 4.79 Å². The SMILES string of the molecule is O=C(Nc1ccc(Cl)cc1)c1cccnc1Br. The summed E-state index contributed by atoms with van der Waals surface area (Å²) in [5.74, 6) is -0.215. The fourth-order valence-corrected chi connectivity index (χ4v) is 1.84. The number of hydrogen-bond donors (Lipinski definition) is 1. The second-order valence-electron chi connectivity index (χ2n) is 3.30. The van der Waals surface area contributed by atoms with Crippen molar-refractivity contribution in [3.05, 3.63) is 57.8 Å². The average Bonchev–Trinajstić information content (AvgIpc) is 2.32. The highest BCUT2D eigenvalue weighted by atomic mass is 79.9. The Morgan fingerprint density at radius 1 is 1.24 bits per heavy atom. The van der Waals surface area contributed by atoms with Crippen molar-refractivity contribution in [1.82, 2.24) is 4.98 Å². The maximum absolute atomic E-state index is 11.9. The van der Waals surface area contributed by atoms with Gasteiger partial charge in [-0.1, -0.05) is 11.6 Å². The van der Waals surface area contributed by atoms with Crippen molar-refractivity contribution in [2.24, 2.45) is 0 Å². The molecule has 1 aromatic heterocycles. The van der Waals surface area contributed by atoms with E-state index in [9.17, 15) is 4.79 Å². The quantitative estimate of drug-likeness (QED) is 0.858. The molecule has 1 amide bonds. The summed E-state index contributed by atoms with van der Waals surface area (Å²) in [4.78, 5) is 15.9. The second kappa shape index (κ2) is 5.29. The first-order chi connectivity index (χ1) is 8.16. The molecular formula is C12H8BrClN2O. The van der Waals surface area contributed by atoms with Crippen LogP contribution in [0.1, 0.15) is 10.4 Å².